The van der Waals surface area contributed by atoms with Crippen LogP contribution in [0.15, 0.2) is 18.2 Å². The third-order valence-corrected chi connectivity index (χ3v) is 4.66. The maximum absolute atomic E-state index is 4.69. The summed E-state index contributed by atoms with van der Waals surface area (Å²) in [5.74, 6) is 0. The number of nitrogens with zero attached hydrogens (tertiary/aromatic N) is 1. The highest BCUT2D eigenvalue weighted by molar-refractivity contribution is 7.16. The summed E-state index contributed by atoms with van der Waals surface area (Å²) in [7, 11) is 0. The summed E-state index contributed by atoms with van der Waals surface area (Å²) in [5.41, 5.74) is 5.19. The van der Waals surface area contributed by atoms with Gasteiger partial charge in [-0.25, -0.2) is 4.98 Å². The van der Waals surface area contributed by atoms with E-state index in [0.29, 0.717) is 0 Å². The third-order valence-electron chi connectivity index (χ3n) is 3.64. The maximum Gasteiger partial charge on any atom is 0.118 e. The van der Waals surface area contributed by atoms with E-state index in [1.807, 2.05) is 0 Å². The predicted octanol–water partition coefficient (Wildman–Crippen LogP) is 4.29. The summed E-state index contributed by atoms with van der Waals surface area (Å²) < 4.78 is 0. The zero-order chi connectivity index (χ0) is 13.2. The first-order valence-electron chi connectivity index (χ1n) is 6.72. The van der Waals surface area contributed by atoms with E-state index in [0.717, 1.165) is 18.0 Å². The van der Waals surface area contributed by atoms with Crippen LogP contribution in [-0.4, -0.2) is 11.5 Å². The Labute approximate surface area is 118 Å². The first-order valence-corrected chi connectivity index (χ1v) is 7.53. The second-order valence-electron chi connectivity index (χ2n) is 4.98. The lowest BCUT2D eigenvalue weighted by atomic mass is 10.0. The fourth-order valence-corrected chi connectivity index (χ4v) is 3.26. The van der Waals surface area contributed by atoms with Gasteiger partial charge in [0.1, 0.15) is 10.0 Å². The number of benzene rings is 1. The second-order valence-corrected chi connectivity index (χ2v) is 6.01. The molecule has 1 aromatic heterocycles. The van der Waals surface area contributed by atoms with Gasteiger partial charge in [-0.1, -0.05) is 35.6 Å². The van der Waals surface area contributed by atoms with E-state index < -0.39 is 0 Å². The normalized spacial score (nSPS) is 14.4. The van der Waals surface area contributed by atoms with Crippen LogP contribution in [-0.2, 0) is 6.42 Å². The molecule has 2 heterocycles. The minimum absolute atomic E-state index is 1.08. The molecular formula is C16H18N2S. The van der Waals surface area contributed by atoms with Gasteiger partial charge in [-0.2, -0.15) is 0 Å². The molecule has 2 aromatic rings. The Kier molecular flexibility index (Phi) is 3.38. The summed E-state index contributed by atoms with van der Waals surface area (Å²) in [6.07, 6.45) is 6.60. The van der Waals surface area contributed by atoms with Crippen molar-refractivity contribution >= 4 is 28.5 Å². The van der Waals surface area contributed by atoms with Crippen molar-refractivity contribution in [2.45, 2.75) is 26.7 Å². The fourth-order valence-electron chi connectivity index (χ4n) is 2.32. The number of rotatable bonds is 2. The zero-order valence-corrected chi connectivity index (χ0v) is 12.2. The molecule has 1 aliphatic rings. The van der Waals surface area contributed by atoms with E-state index in [4.69, 9.17) is 0 Å². The van der Waals surface area contributed by atoms with Crippen LogP contribution < -0.4 is 5.32 Å². The molecule has 0 saturated heterocycles. The molecule has 0 aliphatic carbocycles. The monoisotopic (exact) mass is 270 g/mol. The van der Waals surface area contributed by atoms with Crippen molar-refractivity contribution in [2.24, 2.45) is 0 Å². The van der Waals surface area contributed by atoms with Crippen molar-refractivity contribution in [2.75, 3.05) is 11.9 Å². The van der Waals surface area contributed by atoms with Gasteiger partial charge in [0.25, 0.3) is 0 Å². The number of thiazole rings is 1. The van der Waals surface area contributed by atoms with Crippen molar-refractivity contribution < 1.29 is 0 Å². The fraction of sp³-hybridized carbons (Fsp3) is 0.312. The molecular weight excluding hydrogens is 252 g/mol. The Morgan fingerprint density at radius 1 is 1.26 bits per heavy atom. The smallest absolute Gasteiger partial charge is 0.118 e. The second kappa shape index (κ2) is 5.17. The standard InChI is InChI=1S/C16H18N2S/c1-11-5-3-6-13(12(11)2)8-9-15-18-14-7-4-10-17-16(14)19-15/h3,5-6,8-9,17H,4,7,10H2,1-2H3. The molecule has 0 atom stereocenters. The molecule has 0 unspecified atom stereocenters. The molecule has 0 spiro atoms. The number of anilines is 1. The molecule has 2 nitrogen and oxygen atoms in total. The highest BCUT2D eigenvalue weighted by atomic mass is 32.1. The average molecular weight is 270 g/mol. The number of nitrogens with one attached hydrogen (secondary N) is 1. The minimum Gasteiger partial charge on any atom is -0.375 e. The quantitative estimate of drug-likeness (QED) is 0.880. The molecule has 3 heteroatoms. The Morgan fingerprint density at radius 3 is 3.00 bits per heavy atom. The molecule has 98 valence electrons. The van der Waals surface area contributed by atoms with Crippen LogP contribution in [0.2, 0.25) is 0 Å². The Hall–Kier alpha value is -1.61. The van der Waals surface area contributed by atoms with Crippen LogP contribution >= 0.6 is 11.3 Å². The Balaban J connectivity index is 1.86. The van der Waals surface area contributed by atoms with Gasteiger partial charge in [-0.3, -0.25) is 0 Å². The molecule has 1 aliphatic heterocycles. The number of aromatic nitrogens is 1. The average Bonchev–Trinajstić information content (AvgIpc) is 2.83. The van der Waals surface area contributed by atoms with Gasteiger partial charge in [0.15, 0.2) is 0 Å². The van der Waals surface area contributed by atoms with Crippen molar-refractivity contribution in [3.05, 3.63) is 45.6 Å². The highest BCUT2D eigenvalue weighted by Crippen LogP contribution is 2.29. The Bertz CT molecular complexity index is 602. The molecule has 19 heavy (non-hydrogen) atoms. The summed E-state index contributed by atoms with van der Waals surface area (Å²) >= 11 is 1.76. The lowest BCUT2D eigenvalue weighted by molar-refractivity contribution is 0.813. The summed E-state index contributed by atoms with van der Waals surface area (Å²) in [4.78, 5) is 4.69. The summed E-state index contributed by atoms with van der Waals surface area (Å²) in [6.45, 7) is 5.40. The van der Waals surface area contributed by atoms with Crippen molar-refractivity contribution in [1.82, 2.24) is 4.98 Å². The van der Waals surface area contributed by atoms with E-state index >= 15 is 0 Å². The van der Waals surface area contributed by atoms with Gasteiger partial charge in [0.05, 0.1) is 5.69 Å². The van der Waals surface area contributed by atoms with E-state index in [9.17, 15) is 0 Å². The van der Waals surface area contributed by atoms with Gasteiger partial charge < -0.3 is 5.32 Å². The van der Waals surface area contributed by atoms with E-state index in [-0.39, 0.29) is 0 Å². The highest BCUT2D eigenvalue weighted by Gasteiger charge is 2.13. The first kappa shape index (κ1) is 12.4. The lowest BCUT2D eigenvalue weighted by Gasteiger charge is -2.10. The molecule has 0 fully saturated rings. The van der Waals surface area contributed by atoms with Crippen molar-refractivity contribution in [1.29, 1.82) is 0 Å². The van der Waals surface area contributed by atoms with Crippen LogP contribution in [0.5, 0.6) is 0 Å². The molecule has 0 saturated carbocycles. The van der Waals surface area contributed by atoms with E-state index in [1.54, 1.807) is 11.3 Å². The van der Waals surface area contributed by atoms with Crippen LogP contribution in [0, 0.1) is 13.8 Å². The minimum atomic E-state index is 1.08. The van der Waals surface area contributed by atoms with Gasteiger partial charge >= 0.3 is 0 Å². The molecule has 1 N–H and O–H groups in total. The van der Waals surface area contributed by atoms with Gasteiger partial charge in [0, 0.05) is 6.54 Å². The number of aryl methyl sites for hydroxylation is 2. The van der Waals surface area contributed by atoms with Crippen LogP contribution in [0.3, 0.4) is 0 Å². The predicted molar refractivity (Wildman–Crippen MR) is 83.8 cm³/mol. The van der Waals surface area contributed by atoms with Gasteiger partial charge in [-0.05, 0) is 49.5 Å². The third kappa shape index (κ3) is 2.56. The van der Waals surface area contributed by atoms with Gasteiger partial charge in [-0.15, -0.1) is 0 Å². The first-order chi connectivity index (χ1) is 9.24. The van der Waals surface area contributed by atoms with E-state index in [1.165, 1.54) is 33.8 Å². The molecule has 0 bridgehead atoms. The topological polar surface area (TPSA) is 24.9 Å². The molecule has 0 amide bonds. The van der Waals surface area contributed by atoms with Crippen molar-refractivity contribution in [3.63, 3.8) is 0 Å². The van der Waals surface area contributed by atoms with Crippen LogP contribution in [0.25, 0.3) is 12.2 Å². The lowest BCUT2D eigenvalue weighted by Crippen LogP contribution is -2.09. The Morgan fingerprint density at radius 2 is 2.16 bits per heavy atom. The van der Waals surface area contributed by atoms with Gasteiger partial charge in [0.2, 0.25) is 0 Å². The number of fused-ring (bicyclic) bond motifs is 1. The van der Waals surface area contributed by atoms with Crippen LogP contribution in [0.1, 0.15) is 33.8 Å². The summed E-state index contributed by atoms with van der Waals surface area (Å²) in [6, 6.07) is 6.42. The number of hydrogen-bond donors (Lipinski definition) is 1. The van der Waals surface area contributed by atoms with E-state index in [2.05, 4.69) is 54.5 Å². The van der Waals surface area contributed by atoms with Crippen molar-refractivity contribution in [3.8, 4) is 0 Å². The molecule has 0 radical (unpaired) electrons. The SMILES string of the molecule is Cc1cccc(C=Cc2nc3c(s2)NCCC3)c1C. The van der Waals surface area contributed by atoms with Crippen LogP contribution in [0.4, 0.5) is 5.00 Å². The largest absolute Gasteiger partial charge is 0.375 e. The molecule has 1 aromatic carbocycles. The maximum atomic E-state index is 4.69. The molecule has 3 rings (SSSR count). The summed E-state index contributed by atoms with van der Waals surface area (Å²) in [5, 5.41) is 5.78. The zero-order valence-electron chi connectivity index (χ0n) is 11.4. The number of hydrogen-bond acceptors (Lipinski definition) is 3.